The third kappa shape index (κ3) is 1.70. The van der Waals surface area contributed by atoms with Gasteiger partial charge in [0.05, 0.1) is 10.6 Å². The molecule has 2 N–H and O–H groups in total. The van der Waals surface area contributed by atoms with Crippen molar-refractivity contribution < 1.29 is 10.0 Å². The molecule has 0 fully saturated rings. The number of hydrogen-bond donors (Lipinski definition) is 2. The van der Waals surface area contributed by atoms with Gasteiger partial charge in [0.15, 0.2) is 0 Å². The predicted molar refractivity (Wildman–Crippen MR) is 39.1 cm³/mol. The summed E-state index contributed by atoms with van der Waals surface area (Å²) in [5, 5.41) is 17.6. The van der Waals surface area contributed by atoms with Crippen molar-refractivity contribution in [3.8, 4) is 0 Å². The van der Waals surface area contributed by atoms with E-state index in [1.165, 1.54) is 12.3 Å². The zero-order valence-electron chi connectivity index (χ0n) is 5.03. The molecule has 10 heavy (non-hydrogen) atoms. The van der Waals surface area contributed by atoms with Crippen LogP contribution in [0.25, 0.3) is 0 Å². The van der Waals surface area contributed by atoms with Crippen LogP contribution >= 0.6 is 11.6 Å². The molecule has 0 atom stereocenters. The molecular formula is C5H5BClNO2. The highest BCUT2D eigenvalue weighted by atomic mass is 35.5. The normalized spacial score (nSPS) is 9.50. The van der Waals surface area contributed by atoms with Crippen LogP contribution in [0.2, 0.25) is 5.02 Å². The molecule has 0 amide bonds. The van der Waals surface area contributed by atoms with Crippen LogP contribution in [0.5, 0.6) is 0 Å². The van der Waals surface area contributed by atoms with Gasteiger partial charge in [-0.2, -0.15) is 0 Å². The molecule has 0 saturated carbocycles. The van der Waals surface area contributed by atoms with Gasteiger partial charge < -0.3 is 10.0 Å². The van der Waals surface area contributed by atoms with Gasteiger partial charge in [0.2, 0.25) is 0 Å². The van der Waals surface area contributed by atoms with Crippen molar-refractivity contribution in [1.29, 1.82) is 0 Å². The van der Waals surface area contributed by atoms with Crippen LogP contribution in [-0.4, -0.2) is 22.2 Å². The summed E-state index contributed by atoms with van der Waals surface area (Å²) in [6, 6.07) is 3.00. The van der Waals surface area contributed by atoms with E-state index in [1.807, 2.05) is 0 Å². The molecule has 0 aromatic carbocycles. The SMILES string of the molecule is OB(O)c1ccc(Cl)cn1. The molecule has 0 unspecified atom stereocenters. The first kappa shape index (κ1) is 7.53. The van der Waals surface area contributed by atoms with E-state index in [-0.39, 0.29) is 5.59 Å². The summed E-state index contributed by atoms with van der Waals surface area (Å²) in [7, 11) is -1.52. The minimum Gasteiger partial charge on any atom is -0.422 e. The molecule has 0 bridgehead atoms. The molecule has 0 saturated heterocycles. The minimum atomic E-state index is -1.52. The number of halogens is 1. The summed E-state index contributed by atoms with van der Waals surface area (Å²) in [4.78, 5) is 3.65. The number of pyridine rings is 1. The maximum atomic E-state index is 8.56. The first-order chi connectivity index (χ1) is 4.70. The van der Waals surface area contributed by atoms with Crippen molar-refractivity contribution in [3.05, 3.63) is 23.4 Å². The van der Waals surface area contributed by atoms with Gasteiger partial charge in [-0.1, -0.05) is 11.6 Å². The predicted octanol–water partition coefficient (Wildman–Crippen LogP) is -0.585. The third-order valence-electron chi connectivity index (χ3n) is 1.01. The van der Waals surface area contributed by atoms with Gasteiger partial charge in [-0.25, -0.2) is 0 Å². The molecule has 0 aliphatic rings. The summed E-state index contributed by atoms with van der Waals surface area (Å²) in [5.41, 5.74) is 0.199. The maximum Gasteiger partial charge on any atom is 0.508 e. The highest BCUT2D eigenvalue weighted by molar-refractivity contribution is 6.57. The molecule has 1 aromatic rings. The van der Waals surface area contributed by atoms with Crippen molar-refractivity contribution in [2.24, 2.45) is 0 Å². The zero-order chi connectivity index (χ0) is 7.56. The molecule has 1 rings (SSSR count). The average molecular weight is 157 g/mol. The first-order valence-electron chi connectivity index (χ1n) is 2.68. The van der Waals surface area contributed by atoms with Crippen LogP contribution in [0.15, 0.2) is 18.3 Å². The Morgan fingerprint density at radius 3 is 2.50 bits per heavy atom. The van der Waals surface area contributed by atoms with E-state index >= 15 is 0 Å². The smallest absolute Gasteiger partial charge is 0.422 e. The number of aromatic nitrogens is 1. The van der Waals surface area contributed by atoms with Gasteiger partial charge in [-0.15, -0.1) is 0 Å². The topological polar surface area (TPSA) is 53.4 Å². The highest BCUT2D eigenvalue weighted by Crippen LogP contribution is 2.00. The first-order valence-corrected chi connectivity index (χ1v) is 3.05. The Balaban J connectivity index is 2.89. The van der Waals surface area contributed by atoms with Gasteiger partial charge in [0.25, 0.3) is 0 Å². The van der Waals surface area contributed by atoms with Crippen LogP contribution in [0.1, 0.15) is 0 Å². The summed E-state index contributed by atoms with van der Waals surface area (Å²) in [6.07, 6.45) is 1.36. The zero-order valence-corrected chi connectivity index (χ0v) is 5.78. The van der Waals surface area contributed by atoms with Crippen LogP contribution in [0.3, 0.4) is 0 Å². The number of nitrogens with zero attached hydrogens (tertiary/aromatic N) is 1. The molecule has 0 aliphatic heterocycles. The summed E-state index contributed by atoms with van der Waals surface area (Å²) in [6.45, 7) is 0. The fourth-order valence-corrected chi connectivity index (χ4v) is 0.652. The average Bonchev–Trinajstić information content (AvgIpc) is 1.88. The van der Waals surface area contributed by atoms with Crippen LogP contribution < -0.4 is 5.59 Å². The number of rotatable bonds is 1. The minimum absolute atomic E-state index is 0.199. The Bertz CT molecular complexity index is 213. The van der Waals surface area contributed by atoms with Crippen molar-refractivity contribution in [2.45, 2.75) is 0 Å². The second-order valence-electron chi connectivity index (χ2n) is 1.77. The summed E-state index contributed by atoms with van der Waals surface area (Å²) in [5.74, 6) is 0. The van der Waals surface area contributed by atoms with E-state index in [2.05, 4.69) is 4.98 Å². The van der Waals surface area contributed by atoms with Crippen molar-refractivity contribution >= 4 is 24.3 Å². The molecular weight excluding hydrogens is 152 g/mol. The molecule has 52 valence electrons. The molecule has 1 aromatic heterocycles. The van der Waals surface area contributed by atoms with E-state index in [0.717, 1.165) is 0 Å². The lowest BCUT2D eigenvalue weighted by atomic mass is 9.86. The fourth-order valence-electron chi connectivity index (χ4n) is 0.540. The van der Waals surface area contributed by atoms with Crippen molar-refractivity contribution in [3.63, 3.8) is 0 Å². The third-order valence-corrected chi connectivity index (χ3v) is 1.24. The summed E-state index contributed by atoms with van der Waals surface area (Å²) < 4.78 is 0. The van der Waals surface area contributed by atoms with E-state index in [0.29, 0.717) is 5.02 Å². The Kier molecular flexibility index (Phi) is 2.27. The molecule has 0 radical (unpaired) electrons. The second kappa shape index (κ2) is 3.01. The Morgan fingerprint density at radius 2 is 2.10 bits per heavy atom. The lowest BCUT2D eigenvalue weighted by Crippen LogP contribution is -2.32. The Morgan fingerprint density at radius 1 is 1.40 bits per heavy atom. The highest BCUT2D eigenvalue weighted by Gasteiger charge is 2.10. The monoisotopic (exact) mass is 157 g/mol. The van der Waals surface area contributed by atoms with Gasteiger partial charge >= 0.3 is 7.12 Å². The lowest BCUT2D eigenvalue weighted by Gasteiger charge is -1.95. The van der Waals surface area contributed by atoms with E-state index in [1.54, 1.807) is 6.07 Å². The molecule has 0 aliphatic carbocycles. The van der Waals surface area contributed by atoms with Gasteiger partial charge in [-0.3, -0.25) is 4.98 Å². The van der Waals surface area contributed by atoms with Crippen molar-refractivity contribution in [2.75, 3.05) is 0 Å². The largest absolute Gasteiger partial charge is 0.508 e. The maximum absolute atomic E-state index is 8.56. The lowest BCUT2D eigenvalue weighted by molar-refractivity contribution is 0.424. The van der Waals surface area contributed by atoms with Gasteiger partial charge in [-0.05, 0) is 12.1 Å². The Labute approximate surface area is 63.4 Å². The van der Waals surface area contributed by atoms with Crippen LogP contribution in [0.4, 0.5) is 0 Å². The molecule has 5 heteroatoms. The van der Waals surface area contributed by atoms with Gasteiger partial charge in [0, 0.05) is 6.20 Å². The summed E-state index contributed by atoms with van der Waals surface area (Å²) >= 11 is 5.49. The quantitative estimate of drug-likeness (QED) is 0.536. The molecule has 0 spiro atoms. The van der Waals surface area contributed by atoms with E-state index < -0.39 is 7.12 Å². The standard InChI is InChI=1S/C5H5BClNO2/c7-4-1-2-5(6(9)10)8-3-4/h1-3,9-10H. The fraction of sp³-hybridized carbons (Fsp3) is 0. The van der Waals surface area contributed by atoms with Crippen molar-refractivity contribution in [1.82, 2.24) is 4.98 Å². The van der Waals surface area contributed by atoms with E-state index in [4.69, 9.17) is 21.6 Å². The van der Waals surface area contributed by atoms with Gasteiger partial charge in [0.1, 0.15) is 0 Å². The molecule has 3 nitrogen and oxygen atoms in total. The Hall–Kier alpha value is -0.575. The number of hydrogen-bond acceptors (Lipinski definition) is 3. The second-order valence-corrected chi connectivity index (χ2v) is 2.21. The van der Waals surface area contributed by atoms with Crippen LogP contribution in [0, 0.1) is 0 Å². The van der Waals surface area contributed by atoms with E-state index in [9.17, 15) is 0 Å². The van der Waals surface area contributed by atoms with Crippen LogP contribution in [-0.2, 0) is 0 Å². The molecule has 1 heterocycles.